The lowest BCUT2D eigenvalue weighted by Gasteiger charge is -2.16. The predicted octanol–water partition coefficient (Wildman–Crippen LogP) is -1.75. The summed E-state index contributed by atoms with van der Waals surface area (Å²) in [5, 5.41) is 19.5. The Bertz CT molecular complexity index is 463. The number of aromatic nitrogens is 3. The zero-order valence-corrected chi connectivity index (χ0v) is 9.22. The number of nitrogens with two attached hydrogens (primary N) is 1. The van der Waals surface area contributed by atoms with E-state index >= 15 is 0 Å². The maximum atomic E-state index is 11.5. The molecular weight excluding hydrogens is 228 g/mol. The summed E-state index contributed by atoms with van der Waals surface area (Å²) < 4.78 is 6.40. The van der Waals surface area contributed by atoms with E-state index in [0.717, 1.165) is 10.9 Å². The Kier molecular flexibility index (Phi) is 3.09. The van der Waals surface area contributed by atoms with E-state index in [2.05, 4.69) is 9.97 Å². The fourth-order valence-corrected chi connectivity index (χ4v) is 1.83. The Balaban J connectivity index is 2.32. The molecule has 8 nitrogen and oxygen atoms in total. The van der Waals surface area contributed by atoms with Crippen LogP contribution in [0, 0.1) is 0 Å². The number of ether oxygens (including phenoxy) is 1. The van der Waals surface area contributed by atoms with E-state index in [4.69, 9.17) is 10.5 Å². The average molecular weight is 242 g/mol. The quantitative estimate of drug-likeness (QED) is 0.561. The summed E-state index contributed by atoms with van der Waals surface area (Å²) in [7, 11) is 0. The number of nitrogens with zero attached hydrogens (tertiary/aromatic N) is 3. The molecule has 0 aromatic carbocycles. The van der Waals surface area contributed by atoms with E-state index in [9.17, 15) is 15.0 Å². The van der Waals surface area contributed by atoms with Gasteiger partial charge in [0.05, 0.1) is 6.10 Å². The van der Waals surface area contributed by atoms with Crippen molar-refractivity contribution in [1.82, 2.24) is 14.5 Å². The van der Waals surface area contributed by atoms with Gasteiger partial charge in [-0.1, -0.05) is 6.92 Å². The highest BCUT2D eigenvalue weighted by Gasteiger charge is 2.43. The third-order valence-electron chi connectivity index (χ3n) is 2.76. The van der Waals surface area contributed by atoms with Crippen LogP contribution in [0.5, 0.6) is 0 Å². The van der Waals surface area contributed by atoms with Gasteiger partial charge in [-0.05, 0) is 6.42 Å². The van der Waals surface area contributed by atoms with E-state index in [1.807, 2.05) is 6.92 Å². The third-order valence-corrected chi connectivity index (χ3v) is 2.76. The van der Waals surface area contributed by atoms with E-state index in [1.165, 1.54) is 0 Å². The number of anilines is 1. The average Bonchev–Trinajstić information content (AvgIpc) is 2.57. The van der Waals surface area contributed by atoms with Gasteiger partial charge in [0.2, 0.25) is 5.95 Å². The van der Waals surface area contributed by atoms with E-state index in [0.29, 0.717) is 6.42 Å². The highest BCUT2D eigenvalue weighted by Crippen LogP contribution is 2.29. The summed E-state index contributed by atoms with van der Waals surface area (Å²) in [6.07, 6.45) is -2.05. The lowest BCUT2D eigenvalue weighted by Crippen LogP contribution is -2.36. The van der Waals surface area contributed by atoms with Crippen LogP contribution in [-0.2, 0) is 4.74 Å². The molecule has 1 saturated heterocycles. The van der Waals surface area contributed by atoms with Gasteiger partial charge in [0.1, 0.15) is 18.5 Å². The summed E-state index contributed by atoms with van der Waals surface area (Å²) in [4.78, 5) is 18.6. The van der Waals surface area contributed by atoms with Gasteiger partial charge < -0.3 is 20.7 Å². The van der Waals surface area contributed by atoms with Crippen LogP contribution in [0.25, 0.3) is 0 Å². The van der Waals surface area contributed by atoms with Crippen molar-refractivity contribution in [2.45, 2.75) is 37.9 Å². The first-order chi connectivity index (χ1) is 8.04. The molecule has 1 fully saturated rings. The topological polar surface area (TPSA) is 123 Å². The fraction of sp³-hybridized carbons (Fsp3) is 0.667. The van der Waals surface area contributed by atoms with Gasteiger partial charge in [-0.3, -0.25) is 4.57 Å². The maximum Gasteiger partial charge on any atom is 0.354 e. The summed E-state index contributed by atoms with van der Waals surface area (Å²) >= 11 is 0. The van der Waals surface area contributed by atoms with Crippen LogP contribution in [0.1, 0.15) is 19.6 Å². The number of aliphatic hydroxyl groups excluding tert-OH is 2. The molecular formula is C9H14N4O4. The second kappa shape index (κ2) is 4.40. The molecule has 1 aliphatic rings. The SMILES string of the molecule is CC[C@H]1O[C@@H](n2cnc(N)nc2=O)C(O)[C@H]1O. The van der Waals surface area contributed by atoms with E-state index in [-0.39, 0.29) is 5.95 Å². The molecule has 0 radical (unpaired) electrons. The van der Waals surface area contributed by atoms with Crippen molar-refractivity contribution in [2.24, 2.45) is 0 Å². The van der Waals surface area contributed by atoms with Gasteiger partial charge >= 0.3 is 5.69 Å². The number of hydrogen-bond acceptors (Lipinski definition) is 7. The minimum atomic E-state index is -1.19. The van der Waals surface area contributed by atoms with Crippen molar-refractivity contribution in [3.63, 3.8) is 0 Å². The van der Waals surface area contributed by atoms with Crippen LogP contribution in [0.3, 0.4) is 0 Å². The Labute approximate surface area is 96.7 Å². The van der Waals surface area contributed by atoms with Crippen molar-refractivity contribution in [2.75, 3.05) is 5.73 Å². The van der Waals surface area contributed by atoms with Gasteiger partial charge in [0, 0.05) is 0 Å². The largest absolute Gasteiger partial charge is 0.388 e. The number of rotatable bonds is 2. The molecule has 0 bridgehead atoms. The van der Waals surface area contributed by atoms with Crippen molar-refractivity contribution in [3.05, 3.63) is 16.8 Å². The minimum absolute atomic E-state index is 0.147. The lowest BCUT2D eigenvalue weighted by atomic mass is 10.1. The molecule has 1 unspecified atom stereocenters. The highest BCUT2D eigenvalue weighted by molar-refractivity contribution is 5.10. The molecule has 1 aromatic heterocycles. The first kappa shape index (κ1) is 12.0. The molecule has 0 saturated carbocycles. The monoisotopic (exact) mass is 242 g/mol. The standard InChI is InChI=1S/C9H14N4O4/c1-2-4-5(14)6(15)7(17-4)13-3-11-8(10)12-9(13)16/h3-7,14-15H,2H2,1H3,(H2,10,12,16)/t4-,5+,6?,7-/m1/s1. The molecule has 94 valence electrons. The molecule has 2 rings (SSSR count). The van der Waals surface area contributed by atoms with E-state index < -0.39 is 30.2 Å². The molecule has 8 heteroatoms. The van der Waals surface area contributed by atoms with Crippen LogP contribution in [0.4, 0.5) is 5.95 Å². The second-order valence-electron chi connectivity index (χ2n) is 3.86. The smallest absolute Gasteiger partial charge is 0.354 e. The van der Waals surface area contributed by atoms with Crippen LogP contribution in [0.2, 0.25) is 0 Å². The van der Waals surface area contributed by atoms with Crippen LogP contribution in [-0.4, -0.2) is 43.1 Å². The first-order valence-corrected chi connectivity index (χ1v) is 5.26. The van der Waals surface area contributed by atoms with Crippen molar-refractivity contribution in [1.29, 1.82) is 0 Å². The molecule has 1 aliphatic heterocycles. The molecule has 0 aliphatic carbocycles. The van der Waals surface area contributed by atoms with Crippen molar-refractivity contribution < 1.29 is 14.9 Å². The van der Waals surface area contributed by atoms with Crippen molar-refractivity contribution in [3.8, 4) is 0 Å². The molecule has 4 atom stereocenters. The van der Waals surface area contributed by atoms with Crippen LogP contribution in [0.15, 0.2) is 11.1 Å². The molecule has 0 spiro atoms. The van der Waals surface area contributed by atoms with Gasteiger partial charge in [-0.25, -0.2) is 9.78 Å². The third kappa shape index (κ3) is 2.02. The second-order valence-corrected chi connectivity index (χ2v) is 3.86. The Morgan fingerprint density at radius 3 is 2.76 bits per heavy atom. The van der Waals surface area contributed by atoms with Gasteiger partial charge in [0.25, 0.3) is 0 Å². The molecule has 4 N–H and O–H groups in total. The maximum absolute atomic E-state index is 11.5. The number of hydrogen-bond donors (Lipinski definition) is 3. The molecule has 1 aromatic rings. The Hall–Kier alpha value is -1.51. The Morgan fingerprint density at radius 1 is 1.53 bits per heavy atom. The van der Waals surface area contributed by atoms with Gasteiger partial charge in [-0.2, -0.15) is 4.98 Å². The number of aliphatic hydroxyl groups is 2. The van der Waals surface area contributed by atoms with Gasteiger partial charge in [-0.15, -0.1) is 0 Å². The summed E-state index contributed by atoms with van der Waals surface area (Å²) in [6.45, 7) is 1.81. The molecule has 0 amide bonds. The van der Waals surface area contributed by atoms with Crippen LogP contribution < -0.4 is 11.4 Å². The van der Waals surface area contributed by atoms with E-state index in [1.54, 1.807) is 0 Å². The Morgan fingerprint density at radius 2 is 2.24 bits per heavy atom. The first-order valence-electron chi connectivity index (χ1n) is 5.26. The zero-order chi connectivity index (χ0) is 12.6. The lowest BCUT2D eigenvalue weighted by molar-refractivity contribution is -0.0410. The highest BCUT2D eigenvalue weighted by atomic mass is 16.6. The summed E-state index contributed by atoms with van der Waals surface area (Å²) in [6, 6.07) is 0. The van der Waals surface area contributed by atoms with Gasteiger partial charge in [0.15, 0.2) is 6.23 Å². The number of nitrogen functional groups attached to an aromatic ring is 1. The normalized spacial score (nSPS) is 32.9. The summed E-state index contributed by atoms with van der Waals surface area (Å²) in [5.41, 5.74) is 4.58. The minimum Gasteiger partial charge on any atom is -0.388 e. The molecule has 17 heavy (non-hydrogen) atoms. The van der Waals surface area contributed by atoms with Crippen molar-refractivity contribution >= 4 is 5.95 Å². The van der Waals surface area contributed by atoms with Crippen LogP contribution >= 0.6 is 0 Å². The fourth-order valence-electron chi connectivity index (χ4n) is 1.83. The summed E-state index contributed by atoms with van der Waals surface area (Å²) in [5.74, 6) is -0.147. The molecule has 2 heterocycles. The zero-order valence-electron chi connectivity index (χ0n) is 9.22. The predicted molar refractivity (Wildman–Crippen MR) is 56.9 cm³/mol.